The molecule has 0 radical (unpaired) electrons. The first-order valence-corrected chi connectivity index (χ1v) is 4.49. The van der Waals surface area contributed by atoms with Gasteiger partial charge < -0.3 is 9.84 Å². The minimum Gasteiger partial charge on any atom is -0.457 e. The van der Waals surface area contributed by atoms with Gasteiger partial charge in [0.25, 0.3) is 0 Å². The van der Waals surface area contributed by atoms with Crippen LogP contribution in [0.15, 0.2) is 12.2 Å². The van der Waals surface area contributed by atoms with Gasteiger partial charge in [-0.05, 0) is 19.4 Å². The number of aliphatic hydroxyl groups is 1. The van der Waals surface area contributed by atoms with Gasteiger partial charge in [0.05, 0.1) is 12.0 Å². The first-order valence-electron chi connectivity index (χ1n) is 4.49. The zero-order valence-electron chi connectivity index (χ0n) is 8.28. The molecule has 1 fully saturated rings. The Labute approximate surface area is 78.4 Å². The van der Waals surface area contributed by atoms with Gasteiger partial charge in [-0.2, -0.15) is 0 Å². The molecule has 3 nitrogen and oxygen atoms in total. The molecule has 1 aliphatic heterocycles. The van der Waals surface area contributed by atoms with Crippen LogP contribution in [0.25, 0.3) is 0 Å². The second-order valence-electron chi connectivity index (χ2n) is 3.84. The minimum atomic E-state index is -0.622. The summed E-state index contributed by atoms with van der Waals surface area (Å²) in [7, 11) is 0. The molecule has 0 bridgehead atoms. The van der Waals surface area contributed by atoms with Crippen molar-refractivity contribution < 1.29 is 14.6 Å². The number of ether oxygens (including phenoxy) is 1. The van der Waals surface area contributed by atoms with Crippen molar-refractivity contribution in [2.75, 3.05) is 0 Å². The summed E-state index contributed by atoms with van der Waals surface area (Å²) in [6.07, 6.45) is -0.957. The molecule has 3 heteroatoms. The second-order valence-corrected chi connectivity index (χ2v) is 3.84. The number of rotatable bonds is 1. The molecule has 1 rings (SSSR count). The Hall–Kier alpha value is -0.830. The Morgan fingerprint density at radius 1 is 1.54 bits per heavy atom. The summed E-state index contributed by atoms with van der Waals surface area (Å²) >= 11 is 0. The largest absolute Gasteiger partial charge is 0.457 e. The fraction of sp³-hybridized carbons (Fsp3) is 0.700. The molecule has 0 amide bonds. The Morgan fingerprint density at radius 3 is 2.54 bits per heavy atom. The molecule has 4 atom stereocenters. The van der Waals surface area contributed by atoms with Gasteiger partial charge in [-0.1, -0.05) is 13.5 Å². The predicted octanol–water partition coefficient (Wildman–Crippen LogP) is 1.12. The highest BCUT2D eigenvalue weighted by molar-refractivity contribution is 5.74. The molecule has 0 unspecified atom stereocenters. The fourth-order valence-electron chi connectivity index (χ4n) is 1.66. The van der Waals surface area contributed by atoms with E-state index < -0.39 is 12.0 Å². The highest BCUT2D eigenvalue weighted by atomic mass is 16.5. The van der Waals surface area contributed by atoms with Crippen LogP contribution >= 0.6 is 0 Å². The second kappa shape index (κ2) is 3.50. The van der Waals surface area contributed by atoms with Crippen molar-refractivity contribution in [3.63, 3.8) is 0 Å². The molecular weight excluding hydrogens is 168 g/mol. The van der Waals surface area contributed by atoms with E-state index in [1.165, 1.54) is 0 Å². The lowest BCUT2D eigenvalue weighted by molar-refractivity contribution is -0.173. The lowest BCUT2D eigenvalue weighted by atomic mass is 9.84. The average molecular weight is 184 g/mol. The van der Waals surface area contributed by atoms with E-state index in [0.717, 1.165) is 5.57 Å². The van der Waals surface area contributed by atoms with Crippen LogP contribution in [0.3, 0.4) is 0 Å². The standard InChI is InChI=1S/C10H16O3/c1-5(2)9-6(3)8(11)7(4)10(12)13-9/h6-9,11H,1H2,2-4H3/t6-,7-,8+,9-/m1/s1. The lowest BCUT2D eigenvalue weighted by Gasteiger charge is -2.36. The van der Waals surface area contributed by atoms with Gasteiger partial charge in [-0.15, -0.1) is 0 Å². The molecule has 0 saturated carbocycles. The van der Waals surface area contributed by atoms with E-state index in [-0.39, 0.29) is 18.0 Å². The van der Waals surface area contributed by atoms with Crippen molar-refractivity contribution in [1.29, 1.82) is 0 Å². The molecule has 1 saturated heterocycles. The molecule has 1 aliphatic rings. The molecule has 13 heavy (non-hydrogen) atoms. The van der Waals surface area contributed by atoms with Gasteiger partial charge in [-0.25, -0.2) is 0 Å². The SMILES string of the molecule is C=C(C)[C@H]1OC(=O)[C@H](C)[C@@H](O)[C@H]1C. The molecule has 1 N–H and O–H groups in total. The first kappa shape index (κ1) is 10.3. The van der Waals surface area contributed by atoms with Crippen LogP contribution in [0.5, 0.6) is 0 Å². The van der Waals surface area contributed by atoms with Gasteiger partial charge in [0, 0.05) is 5.92 Å². The number of hydrogen-bond acceptors (Lipinski definition) is 3. The quantitative estimate of drug-likeness (QED) is 0.490. The normalized spacial score (nSPS) is 39.8. The van der Waals surface area contributed by atoms with E-state index in [4.69, 9.17) is 4.74 Å². The van der Waals surface area contributed by atoms with Crippen LogP contribution in [0, 0.1) is 11.8 Å². The number of hydrogen-bond donors (Lipinski definition) is 1. The molecule has 0 aromatic heterocycles. The topological polar surface area (TPSA) is 46.5 Å². The Morgan fingerprint density at radius 2 is 2.08 bits per heavy atom. The van der Waals surface area contributed by atoms with Crippen molar-refractivity contribution in [3.8, 4) is 0 Å². The first-order chi connectivity index (χ1) is 5.95. The molecule has 0 aromatic carbocycles. The van der Waals surface area contributed by atoms with Crippen LogP contribution < -0.4 is 0 Å². The van der Waals surface area contributed by atoms with Gasteiger partial charge in [-0.3, -0.25) is 4.79 Å². The van der Waals surface area contributed by atoms with E-state index in [2.05, 4.69) is 6.58 Å². The number of cyclic esters (lactones) is 1. The number of carbonyl (C=O) groups excluding carboxylic acids is 1. The van der Waals surface area contributed by atoms with Crippen molar-refractivity contribution >= 4 is 5.97 Å². The zero-order valence-corrected chi connectivity index (χ0v) is 8.28. The monoisotopic (exact) mass is 184 g/mol. The fourth-order valence-corrected chi connectivity index (χ4v) is 1.66. The Bertz CT molecular complexity index is 234. The highest BCUT2D eigenvalue weighted by Crippen LogP contribution is 2.29. The smallest absolute Gasteiger partial charge is 0.311 e. The van der Waals surface area contributed by atoms with Crippen molar-refractivity contribution in [3.05, 3.63) is 12.2 Å². The summed E-state index contributed by atoms with van der Waals surface area (Å²) in [6, 6.07) is 0. The van der Waals surface area contributed by atoms with E-state index in [1.807, 2.05) is 6.92 Å². The van der Waals surface area contributed by atoms with Crippen LogP contribution in [-0.2, 0) is 9.53 Å². The Balaban J connectivity index is 2.82. The number of carbonyl (C=O) groups is 1. The third kappa shape index (κ3) is 1.75. The maximum Gasteiger partial charge on any atom is 0.311 e. The molecular formula is C10H16O3. The molecule has 1 heterocycles. The van der Waals surface area contributed by atoms with Crippen molar-refractivity contribution in [1.82, 2.24) is 0 Å². The maximum absolute atomic E-state index is 11.2. The predicted molar refractivity (Wildman–Crippen MR) is 49.0 cm³/mol. The summed E-state index contributed by atoms with van der Waals surface area (Å²) in [6.45, 7) is 9.08. The molecule has 0 aromatic rings. The van der Waals surface area contributed by atoms with Crippen LogP contribution in [0.1, 0.15) is 20.8 Å². The average Bonchev–Trinajstić information content (AvgIpc) is 2.07. The van der Waals surface area contributed by atoms with E-state index >= 15 is 0 Å². The molecule has 0 spiro atoms. The number of esters is 1. The van der Waals surface area contributed by atoms with Gasteiger partial charge in [0.15, 0.2) is 0 Å². The van der Waals surface area contributed by atoms with E-state index in [9.17, 15) is 9.90 Å². The third-order valence-corrected chi connectivity index (χ3v) is 2.63. The van der Waals surface area contributed by atoms with Gasteiger partial charge in [0.2, 0.25) is 0 Å². The van der Waals surface area contributed by atoms with Gasteiger partial charge in [0.1, 0.15) is 6.10 Å². The van der Waals surface area contributed by atoms with Gasteiger partial charge >= 0.3 is 5.97 Å². The highest BCUT2D eigenvalue weighted by Gasteiger charge is 2.40. The summed E-state index contributed by atoms with van der Waals surface area (Å²) in [5.41, 5.74) is 0.784. The van der Waals surface area contributed by atoms with Crippen molar-refractivity contribution in [2.45, 2.75) is 33.0 Å². The van der Waals surface area contributed by atoms with E-state index in [0.29, 0.717) is 0 Å². The summed E-state index contributed by atoms with van der Waals surface area (Å²) < 4.78 is 5.14. The summed E-state index contributed by atoms with van der Waals surface area (Å²) in [5.74, 6) is -0.825. The van der Waals surface area contributed by atoms with Crippen molar-refractivity contribution in [2.24, 2.45) is 11.8 Å². The minimum absolute atomic E-state index is 0.0646. The number of aliphatic hydroxyl groups excluding tert-OH is 1. The Kier molecular flexibility index (Phi) is 2.76. The van der Waals surface area contributed by atoms with Crippen LogP contribution in [0.4, 0.5) is 0 Å². The third-order valence-electron chi connectivity index (χ3n) is 2.63. The molecule has 74 valence electrons. The van der Waals surface area contributed by atoms with Crippen LogP contribution in [0.2, 0.25) is 0 Å². The summed E-state index contributed by atoms with van der Waals surface area (Å²) in [4.78, 5) is 11.2. The lowest BCUT2D eigenvalue weighted by Crippen LogP contribution is -2.46. The summed E-state index contributed by atoms with van der Waals surface area (Å²) in [5, 5.41) is 9.69. The van der Waals surface area contributed by atoms with Crippen LogP contribution in [-0.4, -0.2) is 23.3 Å². The zero-order chi connectivity index (χ0) is 10.2. The van der Waals surface area contributed by atoms with E-state index in [1.54, 1.807) is 13.8 Å². The maximum atomic E-state index is 11.2. The molecule has 0 aliphatic carbocycles.